The van der Waals surface area contributed by atoms with Gasteiger partial charge in [0.05, 0.1) is 10.5 Å². The first-order chi connectivity index (χ1) is 11.5. The van der Waals surface area contributed by atoms with Crippen molar-refractivity contribution in [3.63, 3.8) is 0 Å². The number of rotatable bonds is 6. The first-order valence-electron chi connectivity index (χ1n) is 6.98. The third-order valence-corrected chi connectivity index (χ3v) is 3.17. The summed E-state index contributed by atoms with van der Waals surface area (Å²) >= 11 is 0. The molecule has 2 rings (SSSR count). The van der Waals surface area contributed by atoms with E-state index in [1.807, 2.05) is 0 Å². The van der Waals surface area contributed by atoms with Crippen LogP contribution >= 0.6 is 0 Å². The molecule has 0 aliphatic carbocycles. The average Bonchev–Trinajstić information content (AvgIpc) is 2.58. The number of carbonyl (C=O) groups is 2. The molecule has 0 spiro atoms. The second-order valence-corrected chi connectivity index (χ2v) is 4.91. The van der Waals surface area contributed by atoms with Crippen LogP contribution in [-0.4, -0.2) is 21.9 Å². The quantitative estimate of drug-likeness (QED) is 0.482. The Morgan fingerprint density at radius 1 is 1.17 bits per heavy atom. The van der Waals surface area contributed by atoms with Gasteiger partial charge >= 0.3 is 5.97 Å². The lowest BCUT2D eigenvalue weighted by atomic mass is 10.1. The summed E-state index contributed by atoms with van der Waals surface area (Å²) in [5.41, 5.74) is 1.47. The minimum absolute atomic E-state index is 0.0186. The zero-order chi connectivity index (χ0) is 17.5. The highest BCUT2D eigenvalue weighted by atomic mass is 16.6. The fourth-order valence-electron chi connectivity index (χ4n) is 1.94. The number of aromatic carboxylic acids is 1. The van der Waals surface area contributed by atoms with E-state index in [4.69, 9.17) is 5.11 Å². The fourth-order valence-corrected chi connectivity index (χ4v) is 1.94. The lowest BCUT2D eigenvalue weighted by molar-refractivity contribution is -0.384. The van der Waals surface area contributed by atoms with Crippen LogP contribution in [0.2, 0.25) is 0 Å². The molecule has 0 saturated carbocycles. The molecule has 0 aliphatic heterocycles. The van der Waals surface area contributed by atoms with Crippen LogP contribution in [-0.2, 0) is 11.3 Å². The van der Waals surface area contributed by atoms with Gasteiger partial charge in [0.25, 0.3) is 5.69 Å². The second kappa shape index (κ2) is 7.68. The van der Waals surface area contributed by atoms with Crippen molar-refractivity contribution < 1.29 is 19.6 Å². The number of amides is 1. The number of carboxylic acid groups (broad SMARTS) is 1. The Hall–Kier alpha value is -3.48. The molecule has 1 amide bonds. The normalized spacial score (nSPS) is 10.5. The fraction of sp³-hybridized carbons (Fsp3) is 0.0588. The van der Waals surface area contributed by atoms with E-state index in [2.05, 4.69) is 5.32 Å². The van der Waals surface area contributed by atoms with Gasteiger partial charge in [0.2, 0.25) is 5.91 Å². The molecule has 122 valence electrons. The summed E-state index contributed by atoms with van der Waals surface area (Å²) < 4.78 is 0. The molecule has 0 atom stereocenters. The zero-order valence-electron chi connectivity index (χ0n) is 12.5. The van der Waals surface area contributed by atoms with Crippen LogP contribution in [0.25, 0.3) is 6.08 Å². The molecule has 7 nitrogen and oxygen atoms in total. The van der Waals surface area contributed by atoms with Crippen LogP contribution in [0.4, 0.5) is 5.69 Å². The van der Waals surface area contributed by atoms with E-state index in [-0.39, 0.29) is 23.7 Å². The van der Waals surface area contributed by atoms with Gasteiger partial charge in [-0.3, -0.25) is 14.9 Å². The van der Waals surface area contributed by atoms with Gasteiger partial charge in [-0.1, -0.05) is 12.1 Å². The summed E-state index contributed by atoms with van der Waals surface area (Å²) in [4.78, 5) is 32.7. The molecule has 0 aromatic heterocycles. The number of benzene rings is 2. The molecule has 0 aliphatic rings. The Morgan fingerprint density at radius 3 is 2.50 bits per heavy atom. The summed E-state index contributed by atoms with van der Waals surface area (Å²) in [7, 11) is 0. The highest BCUT2D eigenvalue weighted by molar-refractivity contribution is 5.91. The van der Waals surface area contributed by atoms with E-state index >= 15 is 0 Å². The topological polar surface area (TPSA) is 110 Å². The SMILES string of the molecule is O=C(/C=C/c1ccc([N+](=O)[O-])cc1)NCc1cccc(C(=O)O)c1. The molecular weight excluding hydrogens is 312 g/mol. The van der Waals surface area contributed by atoms with Gasteiger partial charge in [0.15, 0.2) is 0 Å². The van der Waals surface area contributed by atoms with Gasteiger partial charge in [0, 0.05) is 24.8 Å². The second-order valence-electron chi connectivity index (χ2n) is 4.91. The number of nitro benzene ring substituents is 1. The smallest absolute Gasteiger partial charge is 0.335 e. The molecular formula is C17H14N2O5. The third kappa shape index (κ3) is 4.77. The molecule has 0 fully saturated rings. The van der Waals surface area contributed by atoms with Crippen LogP contribution < -0.4 is 5.32 Å². The highest BCUT2D eigenvalue weighted by Gasteiger charge is 2.04. The van der Waals surface area contributed by atoms with Crippen molar-refractivity contribution in [2.45, 2.75) is 6.54 Å². The van der Waals surface area contributed by atoms with Crippen LogP contribution in [0, 0.1) is 10.1 Å². The lowest BCUT2D eigenvalue weighted by Gasteiger charge is -2.03. The van der Waals surface area contributed by atoms with E-state index in [1.165, 1.54) is 48.6 Å². The molecule has 0 heterocycles. The van der Waals surface area contributed by atoms with Crippen LogP contribution in [0.1, 0.15) is 21.5 Å². The maximum atomic E-state index is 11.8. The maximum Gasteiger partial charge on any atom is 0.335 e. The molecule has 2 aromatic carbocycles. The summed E-state index contributed by atoms with van der Waals surface area (Å²) in [6.45, 7) is 0.199. The van der Waals surface area contributed by atoms with Crippen molar-refractivity contribution in [1.82, 2.24) is 5.32 Å². The zero-order valence-corrected chi connectivity index (χ0v) is 12.5. The molecule has 0 saturated heterocycles. The minimum atomic E-state index is -1.03. The average molecular weight is 326 g/mol. The monoisotopic (exact) mass is 326 g/mol. The number of non-ortho nitro benzene ring substituents is 1. The number of carbonyl (C=O) groups excluding carboxylic acids is 1. The Bertz CT molecular complexity index is 797. The van der Waals surface area contributed by atoms with Crippen molar-refractivity contribution in [2.75, 3.05) is 0 Å². The molecule has 2 aromatic rings. The van der Waals surface area contributed by atoms with Crippen molar-refractivity contribution in [1.29, 1.82) is 0 Å². The van der Waals surface area contributed by atoms with Crippen LogP contribution in [0.3, 0.4) is 0 Å². The van der Waals surface area contributed by atoms with Crippen molar-refractivity contribution in [3.05, 3.63) is 81.4 Å². The first kappa shape index (κ1) is 16.9. The summed E-state index contributed by atoms with van der Waals surface area (Å²) in [6, 6.07) is 12.1. The van der Waals surface area contributed by atoms with Gasteiger partial charge in [-0.05, 0) is 41.5 Å². The summed E-state index contributed by atoms with van der Waals surface area (Å²) in [6.07, 6.45) is 2.84. The standard InChI is InChI=1S/C17H14N2O5/c20-16(9-6-12-4-7-15(8-5-12)19(23)24)18-11-13-2-1-3-14(10-13)17(21)22/h1-10H,11H2,(H,18,20)(H,21,22)/b9-6+. The molecule has 24 heavy (non-hydrogen) atoms. The van der Waals surface area contributed by atoms with Gasteiger partial charge in [-0.15, -0.1) is 0 Å². The predicted octanol–water partition coefficient (Wildman–Crippen LogP) is 2.62. The number of hydrogen-bond acceptors (Lipinski definition) is 4. The van der Waals surface area contributed by atoms with Gasteiger partial charge in [0.1, 0.15) is 0 Å². The van der Waals surface area contributed by atoms with Gasteiger partial charge < -0.3 is 10.4 Å². The Balaban J connectivity index is 1.92. The van der Waals surface area contributed by atoms with Crippen LogP contribution in [0.15, 0.2) is 54.6 Å². The number of nitrogens with zero attached hydrogens (tertiary/aromatic N) is 1. The van der Waals surface area contributed by atoms with E-state index in [0.717, 1.165) is 0 Å². The number of nitro groups is 1. The number of hydrogen-bond donors (Lipinski definition) is 2. The largest absolute Gasteiger partial charge is 0.478 e. The first-order valence-corrected chi connectivity index (χ1v) is 6.98. The lowest BCUT2D eigenvalue weighted by Crippen LogP contribution is -2.20. The number of nitrogens with one attached hydrogen (secondary N) is 1. The van der Waals surface area contributed by atoms with Crippen molar-refractivity contribution >= 4 is 23.6 Å². The van der Waals surface area contributed by atoms with E-state index in [0.29, 0.717) is 11.1 Å². The van der Waals surface area contributed by atoms with Crippen molar-refractivity contribution in [2.24, 2.45) is 0 Å². The Kier molecular flexibility index (Phi) is 5.40. The van der Waals surface area contributed by atoms with E-state index in [1.54, 1.807) is 12.1 Å². The number of carboxylic acids is 1. The molecule has 7 heteroatoms. The summed E-state index contributed by atoms with van der Waals surface area (Å²) in [5.74, 6) is -1.38. The molecule has 0 radical (unpaired) electrons. The van der Waals surface area contributed by atoms with E-state index in [9.17, 15) is 19.7 Å². The van der Waals surface area contributed by atoms with Crippen molar-refractivity contribution in [3.8, 4) is 0 Å². The molecule has 0 unspecified atom stereocenters. The maximum absolute atomic E-state index is 11.8. The predicted molar refractivity (Wildman–Crippen MR) is 87.4 cm³/mol. The van der Waals surface area contributed by atoms with Crippen LogP contribution in [0.5, 0.6) is 0 Å². The minimum Gasteiger partial charge on any atom is -0.478 e. The molecule has 0 bridgehead atoms. The van der Waals surface area contributed by atoms with Gasteiger partial charge in [-0.25, -0.2) is 4.79 Å². The molecule has 2 N–H and O–H groups in total. The van der Waals surface area contributed by atoms with E-state index < -0.39 is 10.9 Å². The Morgan fingerprint density at radius 2 is 1.88 bits per heavy atom. The third-order valence-electron chi connectivity index (χ3n) is 3.17. The summed E-state index contributed by atoms with van der Waals surface area (Å²) in [5, 5.41) is 22.1. The van der Waals surface area contributed by atoms with Gasteiger partial charge in [-0.2, -0.15) is 0 Å². The highest BCUT2D eigenvalue weighted by Crippen LogP contribution is 2.12. The Labute approximate surface area is 137 Å².